The molecule has 5 saturated heterocycles. The van der Waals surface area contributed by atoms with Crippen molar-refractivity contribution in [2.75, 3.05) is 26.4 Å². The number of aliphatic hydroxyl groups excluding tert-OH is 10. The zero-order chi connectivity index (χ0) is 44.9. The van der Waals surface area contributed by atoms with E-state index in [0.29, 0.717) is 47.5 Å². The molecular weight excluding hydrogens is 826 g/mol. The second kappa shape index (κ2) is 18.0. The maximum Gasteiger partial charge on any atom is 0.187 e. The third kappa shape index (κ3) is 7.88. The highest BCUT2D eigenvalue weighted by atomic mass is 16.8. The quantitative estimate of drug-likeness (QED) is 0.122. The predicted molar refractivity (Wildman–Crippen MR) is 218 cm³/mol. The van der Waals surface area contributed by atoms with E-state index in [0.717, 1.165) is 45.1 Å². The van der Waals surface area contributed by atoms with Crippen molar-refractivity contribution in [2.24, 2.45) is 52.3 Å². The third-order valence-corrected chi connectivity index (χ3v) is 18.5. The van der Waals surface area contributed by atoms with E-state index >= 15 is 0 Å². The molecule has 1 spiro atoms. The second-order valence-corrected chi connectivity index (χ2v) is 21.7. The number of hydrogen-bond acceptors (Lipinski definition) is 18. The largest absolute Gasteiger partial charge is 0.394 e. The summed E-state index contributed by atoms with van der Waals surface area (Å²) in [6.45, 7) is 8.65. The average Bonchev–Trinajstić information content (AvgIpc) is 3.72. The van der Waals surface area contributed by atoms with Gasteiger partial charge in [-0.15, -0.1) is 0 Å². The lowest BCUT2D eigenvalue weighted by molar-refractivity contribution is -0.390. The summed E-state index contributed by atoms with van der Waals surface area (Å²) in [5, 5.41) is 110. The summed E-state index contributed by atoms with van der Waals surface area (Å²) in [4.78, 5) is 0. The van der Waals surface area contributed by atoms with Crippen LogP contribution in [-0.2, 0) is 33.2 Å². The summed E-state index contributed by atoms with van der Waals surface area (Å²) in [5.41, 5.74) is 0.241. The molecule has 0 aromatic heterocycles. The molecule has 11 N–H and O–H groups in total. The van der Waals surface area contributed by atoms with Crippen LogP contribution >= 0.6 is 0 Å². The van der Waals surface area contributed by atoms with Crippen LogP contribution in [0.15, 0.2) is 0 Å². The molecule has 0 aromatic rings. The maximum atomic E-state index is 11.5. The summed E-state index contributed by atoms with van der Waals surface area (Å²) in [7, 11) is 0. The number of rotatable bonds is 9. The minimum atomic E-state index is -1.88. The Labute approximate surface area is 369 Å². The van der Waals surface area contributed by atoms with E-state index in [1.165, 1.54) is 25.7 Å². The van der Waals surface area contributed by atoms with Crippen molar-refractivity contribution in [2.45, 2.75) is 202 Å². The normalized spacial score (nSPS) is 58.2. The first-order valence-corrected chi connectivity index (χ1v) is 23.9. The molecule has 9 fully saturated rings. The Morgan fingerprint density at radius 3 is 1.86 bits per heavy atom. The molecule has 5 aliphatic heterocycles. The van der Waals surface area contributed by atoms with Crippen molar-refractivity contribution in [3.8, 4) is 0 Å². The Balaban J connectivity index is 0.833. The number of nitrogens with one attached hydrogen (secondary N) is 1. The van der Waals surface area contributed by atoms with Crippen molar-refractivity contribution < 1.29 is 84.2 Å². The van der Waals surface area contributed by atoms with Crippen molar-refractivity contribution in [3.05, 3.63) is 0 Å². The van der Waals surface area contributed by atoms with Gasteiger partial charge in [0.15, 0.2) is 18.9 Å². The highest BCUT2D eigenvalue weighted by molar-refractivity contribution is 5.16. The van der Waals surface area contributed by atoms with Gasteiger partial charge in [-0.2, -0.15) is 0 Å². The molecule has 9 rings (SSSR count). The lowest BCUT2D eigenvalue weighted by Gasteiger charge is -2.61. The van der Waals surface area contributed by atoms with Crippen molar-refractivity contribution >= 4 is 0 Å². The Morgan fingerprint density at radius 1 is 0.571 bits per heavy atom. The molecule has 0 unspecified atom stereocenters. The molecule has 27 atom stereocenters. The first kappa shape index (κ1) is 47.4. The highest BCUT2D eigenvalue weighted by Crippen LogP contribution is 2.71. The van der Waals surface area contributed by atoms with Crippen LogP contribution in [0.5, 0.6) is 0 Å². The van der Waals surface area contributed by atoms with E-state index in [9.17, 15) is 51.1 Å². The van der Waals surface area contributed by atoms with Crippen LogP contribution in [0.1, 0.15) is 91.9 Å². The molecule has 362 valence electrons. The van der Waals surface area contributed by atoms with Gasteiger partial charge in [0.2, 0.25) is 0 Å². The van der Waals surface area contributed by atoms with Gasteiger partial charge < -0.3 is 84.2 Å². The number of fused-ring (bicyclic) bond motifs is 7. The van der Waals surface area contributed by atoms with Crippen molar-refractivity contribution in [3.63, 3.8) is 0 Å². The Morgan fingerprint density at radius 2 is 1.17 bits per heavy atom. The number of aliphatic hydroxyl groups is 10. The van der Waals surface area contributed by atoms with Crippen LogP contribution in [0.3, 0.4) is 0 Å². The first-order chi connectivity index (χ1) is 30.0. The topological polar surface area (TPSA) is 279 Å². The molecule has 18 nitrogen and oxygen atoms in total. The van der Waals surface area contributed by atoms with Crippen molar-refractivity contribution in [1.29, 1.82) is 0 Å². The monoisotopic (exact) mass is 902 g/mol. The van der Waals surface area contributed by atoms with Gasteiger partial charge in [0.1, 0.15) is 79.0 Å². The second-order valence-electron chi connectivity index (χ2n) is 21.7. The van der Waals surface area contributed by atoms with Gasteiger partial charge in [0, 0.05) is 12.5 Å². The van der Waals surface area contributed by atoms with Crippen molar-refractivity contribution in [1.82, 2.24) is 5.32 Å². The third-order valence-electron chi connectivity index (χ3n) is 18.5. The molecule has 18 heteroatoms. The Bertz CT molecular complexity index is 1570. The van der Waals surface area contributed by atoms with Crippen LogP contribution < -0.4 is 5.32 Å². The van der Waals surface area contributed by atoms with Gasteiger partial charge in [0.25, 0.3) is 0 Å². The summed E-state index contributed by atoms with van der Waals surface area (Å²) in [5.74, 6) is 4.08. The zero-order valence-electron chi connectivity index (χ0n) is 37.1. The van der Waals surface area contributed by atoms with E-state index in [1.54, 1.807) is 0 Å². The zero-order valence-corrected chi connectivity index (χ0v) is 37.1. The molecular formula is C45H75NO17. The summed E-state index contributed by atoms with van der Waals surface area (Å²) >= 11 is 0. The highest BCUT2D eigenvalue weighted by Gasteiger charge is 2.69. The fourth-order valence-electron chi connectivity index (χ4n) is 14.9. The molecule has 0 radical (unpaired) electrons. The van der Waals surface area contributed by atoms with Crippen LogP contribution in [-0.4, -0.2) is 187 Å². The van der Waals surface area contributed by atoms with Gasteiger partial charge in [-0.1, -0.05) is 27.7 Å². The average molecular weight is 902 g/mol. The molecule has 0 aromatic carbocycles. The first-order valence-electron chi connectivity index (χ1n) is 23.9. The maximum absolute atomic E-state index is 11.5. The van der Waals surface area contributed by atoms with Crippen LogP contribution in [0.2, 0.25) is 0 Å². The number of piperidine rings is 1. The fraction of sp³-hybridized carbons (Fsp3) is 1.00. The van der Waals surface area contributed by atoms with Crippen LogP contribution in [0.25, 0.3) is 0 Å². The van der Waals surface area contributed by atoms with E-state index in [-0.39, 0.29) is 22.7 Å². The Hall–Kier alpha value is -0.720. The fourth-order valence-corrected chi connectivity index (χ4v) is 14.9. The lowest BCUT2D eigenvalue weighted by Crippen LogP contribution is -2.67. The SMILES string of the molecule is C[C@H]1CC[C@]2(NC1)O[C@H]1C[C@H]3[C@@H]4CC[C@H]5C[C@@H](O[C@@H]6O[C@H](CO)[C@H](O[C@@H]7O[C@H](CO)[C@@H](O)[C@H](O)[C@H]7O[C@@H]7O[C@H](CO)[C@@H](O)[C@H](O)[C@H]7O)[C@H](O)[C@H]6O)CC[C@]5(C)[C@H]4CC[C@]3(C)[C@H]1[C@@H]2C. The van der Waals surface area contributed by atoms with E-state index in [1.807, 2.05) is 0 Å². The van der Waals surface area contributed by atoms with Crippen LogP contribution in [0.4, 0.5) is 0 Å². The minimum Gasteiger partial charge on any atom is -0.394 e. The molecule has 63 heavy (non-hydrogen) atoms. The smallest absolute Gasteiger partial charge is 0.187 e. The summed E-state index contributed by atoms with van der Waals surface area (Å²) < 4.78 is 42.6. The molecule has 0 bridgehead atoms. The number of ether oxygens (including phenoxy) is 7. The van der Waals surface area contributed by atoms with Gasteiger partial charge in [-0.25, -0.2) is 0 Å². The van der Waals surface area contributed by atoms with Gasteiger partial charge in [-0.05, 0) is 111 Å². The van der Waals surface area contributed by atoms with E-state index in [4.69, 9.17) is 33.2 Å². The van der Waals surface area contributed by atoms with Gasteiger partial charge in [0.05, 0.1) is 32.0 Å². The van der Waals surface area contributed by atoms with E-state index < -0.39 is 112 Å². The number of hydrogen-bond donors (Lipinski definition) is 11. The molecule has 9 aliphatic rings. The summed E-state index contributed by atoms with van der Waals surface area (Å²) in [6, 6.07) is 0. The standard InChI is InChI=1S/C45H75NO17/c1-19-7-12-45(46-15-19)20(2)30-26(63-45)14-25-23-6-5-21-13-22(8-10-43(21,3)24(23)9-11-44(25,30)4)57-40-37(56)35(54)38(29(18-49)60-40)61-42-39(34(53)32(51)28(17-48)59-42)62-41-36(55)33(52)31(50)27(16-47)58-41/h19-42,46-56H,5-18H2,1-4H3/t19-,20-,21-,22-,23+,24-,25-,26-,27+,28+,29+,30-,31+,32+,33-,34-,35+,36+,37+,38-,39+,40+,41-,42-,43-,44-,45-/m0/s1. The Kier molecular flexibility index (Phi) is 13.5. The summed E-state index contributed by atoms with van der Waals surface area (Å²) in [6.07, 6.45) is -13.8. The lowest BCUT2D eigenvalue weighted by atomic mass is 9.44. The molecule has 0 amide bonds. The molecule has 4 saturated carbocycles. The van der Waals surface area contributed by atoms with Gasteiger partial charge in [-0.3, -0.25) is 5.32 Å². The molecule has 5 heterocycles. The van der Waals surface area contributed by atoms with Gasteiger partial charge >= 0.3 is 0 Å². The van der Waals surface area contributed by atoms with Crippen LogP contribution in [0, 0.1) is 52.3 Å². The predicted octanol–water partition coefficient (Wildman–Crippen LogP) is -1.16. The molecule has 4 aliphatic carbocycles. The van der Waals surface area contributed by atoms with E-state index in [2.05, 4.69) is 33.0 Å². The minimum absolute atomic E-state index is 0.146.